The van der Waals surface area contributed by atoms with E-state index in [1.807, 2.05) is 0 Å². The Balaban J connectivity index is 0.00000312. The van der Waals surface area contributed by atoms with Crippen molar-refractivity contribution in [3.63, 3.8) is 0 Å². The Kier molecular flexibility index (Phi) is 9.25. The summed E-state index contributed by atoms with van der Waals surface area (Å²) in [7, 11) is 1.72. The maximum atomic E-state index is 5.83. The summed E-state index contributed by atoms with van der Waals surface area (Å²) in [5.74, 6) is 2.71. The van der Waals surface area contributed by atoms with Crippen LogP contribution in [0.5, 0.6) is 5.75 Å². The van der Waals surface area contributed by atoms with Crippen LogP contribution in [0.25, 0.3) is 0 Å². The highest BCUT2D eigenvalue weighted by atomic mass is 127. The number of aromatic nitrogens is 2. The molecule has 0 aliphatic rings. The van der Waals surface area contributed by atoms with Crippen molar-refractivity contribution in [3.05, 3.63) is 41.0 Å². The topological polar surface area (TPSA) is 84.6 Å². The second kappa shape index (κ2) is 10.9. The molecular formula is C17H26IN5O2. The van der Waals surface area contributed by atoms with Crippen molar-refractivity contribution < 1.29 is 9.26 Å². The molecule has 1 aromatic carbocycles. The Hall–Kier alpha value is -1.84. The van der Waals surface area contributed by atoms with Crippen LogP contribution in [0.1, 0.15) is 36.2 Å². The Morgan fingerprint density at radius 3 is 2.64 bits per heavy atom. The van der Waals surface area contributed by atoms with Crippen molar-refractivity contribution in [1.29, 1.82) is 0 Å². The van der Waals surface area contributed by atoms with Crippen LogP contribution in [-0.2, 0) is 13.1 Å². The molecule has 7 nitrogen and oxygen atoms in total. The van der Waals surface area contributed by atoms with Gasteiger partial charge in [0.1, 0.15) is 5.75 Å². The molecule has 0 saturated carbocycles. The number of ether oxygens (including phenoxy) is 1. The van der Waals surface area contributed by atoms with Crippen LogP contribution in [0.2, 0.25) is 0 Å². The van der Waals surface area contributed by atoms with Gasteiger partial charge in [-0.25, -0.2) is 0 Å². The van der Waals surface area contributed by atoms with E-state index in [0.29, 0.717) is 37.4 Å². The SMILES string of the molecule is CCCOc1cc(C)ccc1CNC(=NC)NCc1nc(C)no1.I. The number of rotatable bonds is 7. The van der Waals surface area contributed by atoms with E-state index in [9.17, 15) is 0 Å². The first-order valence-electron chi connectivity index (χ1n) is 8.08. The van der Waals surface area contributed by atoms with E-state index in [1.54, 1.807) is 14.0 Å². The van der Waals surface area contributed by atoms with Gasteiger partial charge in [-0.05, 0) is 31.9 Å². The second-order valence-electron chi connectivity index (χ2n) is 5.47. The fraction of sp³-hybridized carbons (Fsp3) is 0.471. The summed E-state index contributed by atoms with van der Waals surface area (Å²) in [6.07, 6.45) is 0.980. The zero-order valence-electron chi connectivity index (χ0n) is 15.1. The number of benzene rings is 1. The van der Waals surface area contributed by atoms with Crippen molar-refractivity contribution in [2.75, 3.05) is 13.7 Å². The van der Waals surface area contributed by atoms with Crippen LogP contribution in [0, 0.1) is 13.8 Å². The maximum absolute atomic E-state index is 5.83. The smallest absolute Gasteiger partial charge is 0.246 e. The third-order valence-electron chi connectivity index (χ3n) is 3.33. The average Bonchev–Trinajstić information content (AvgIpc) is 2.99. The Morgan fingerprint density at radius 1 is 1.24 bits per heavy atom. The van der Waals surface area contributed by atoms with Gasteiger partial charge in [0.05, 0.1) is 13.2 Å². The van der Waals surface area contributed by atoms with Crippen LogP contribution >= 0.6 is 24.0 Å². The molecular weight excluding hydrogens is 433 g/mol. The monoisotopic (exact) mass is 459 g/mol. The third-order valence-corrected chi connectivity index (χ3v) is 3.33. The summed E-state index contributed by atoms with van der Waals surface area (Å²) < 4.78 is 10.9. The highest BCUT2D eigenvalue weighted by Gasteiger charge is 2.07. The lowest BCUT2D eigenvalue weighted by Gasteiger charge is -2.14. The van der Waals surface area contributed by atoms with Crippen LogP contribution < -0.4 is 15.4 Å². The zero-order valence-corrected chi connectivity index (χ0v) is 17.5. The lowest BCUT2D eigenvalue weighted by atomic mass is 10.1. The molecule has 8 heteroatoms. The summed E-state index contributed by atoms with van der Waals surface area (Å²) in [6.45, 7) is 7.69. The molecule has 2 N–H and O–H groups in total. The van der Waals surface area contributed by atoms with Gasteiger partial charge in [-0.3, -0.25) is 4.99 Å². The number of halogens is 1. The summed E-state index contributed by atoms with van der Waals surface area (Å²) in [4.78, 5) is 8.35. The van der Waals surface area contributed by atoms with Crippen molar-refractivity contribution in [2.24, 2.45) is 4.99 Å². The predicted octanol–water partition coefficient (Wildman–Crippen LogP) is 2.96. The van der Waals surface area contributed by atoms with Gasteiger partial charge in [-0.15, -0.1) is 24.0 Å². The highest BCUT2D eigenvalue weighted by molar-refractivity contribution is 14.0. The molecule has 2 aromatic rings. The molecule has 0 saturated heterocycles. The second-order valence-corrected chi connectivity index (χ2v) is 5.47. The predicted molar refractivity (Wildman–Crippen MR) is 108 cm³/mol. The van der Waals surface area contributed by atoms with E-state index < -0.39 is 0 Å². The number of hydrogen-bond acceptors (Lipinski definition) is 5. The summed E-state index contributed by atoms with van der Waals surface area (Å²) in [5.41, 5.74) is 2.27. The van der Waals surface area contributed by atoms with E-state index in [2.05, 4.69) is 57.8 Å². The fourth-order valence-corrected chi connectivity index (χ4v) is 2.12. The molecule has 0 aliphatic heterocycles. The van der Waals surface area contributed by atoms with E-state index in [0.717, 1.165) is 17.7 Å². The van der Waals surface area contributed by atoms with E-state index in [-0.39, 0.29) is 24.0 Å². The summed E-state index contributed by atoms with van der Waals surface area (Å²) in [5, 5.41) is 10.2. The number of aryl methyl sites for hydroxylation is 2. The zero-order chi connectivity index (χ0) is 17.4. The molecule has 0 aliphatic carbocycles. The lowest BCUT2D eigenvalue weighted by molar-refractivity contribution is 0.313. The van der Waals surface area contributed by atoms with Gasteiger partial charge in [0, 0.05) is 19.2 Å². The first kappa shape index (κ1) is 21.2. The van der Waals surface area contributed by atoms with Crippen LogP contribution in [0.15, 0.2) is 27.7 Å². The molecule has 1 heterocycles. The molecule has 0 fully saturated rings. The van der Waals surface area contributed by atoms with E-state index >= 15 is 0 Å². The molecule has 2 rings (SSSR count). The molecule has 0 bridgehead atoms. The molecule has 1 aromatic heterocycles. The number of guanidine groups is 1. The number of hydrogen-bond donors (Lipinski definition) is 2. The first-order valence-corrected chi connectivity index (χ1v) is 8.08. The minimum absolute atomic E-state index is 0. The van der Waals surface area contributed by atoms with Gasteiger partial charge in [-0.2, -0.15) is 4.98 Å². The Labute approximate surface area is 165 Å². The van der Waals surface area contributed by atoms with Crippen LogP contribution in [0.3, 0.4) is 0 Å². The lowest BCUT2D eigenvalue weighted by Crippen LogP contribution is -2.36. The molecule has 138 valence electrons. The van der Waals surface area contributed by atoms with Gasteiger partial charge in [0.25, 0.3) is 0 Å². The molecule has 0 amide bonds. The normalized spacial score (nSPS) is 11.0. The van der Waals surface area contributed by atoms with Gasteiger partial charge in [-0.1, -0.05) is 24.2 Å². The molecule has 0 unspecified atom stereocenters. The van der Waals surface area contributed by atoms with Crippen LogP contribution in [-0.4, -0.2) is 29.8 Å². The standard InChI is InChI=1S/C17H25N5O2.HI/c1-5-8-23-15-9-12(2)6-7-14(15)10-19-17(18-4)20-11-16-21-13(3)22-24-16;/h6-7,9H,5,8,10-11H2,1-4H3,(H2,18,19,20);1H. The molecule has 25 heavy (non-hydrogen) atoms. The number of nitrogens with one attached hydrogen (secondary N) is 2. The Bertz CT molecular complexity index is 687. The molecule has 0 spiro atoms. The number of aliphatic imine (C=N–C) groups is 1. The average molecular weight is 459 g/mol. The fourth-order valence-electron chi connectivity index (χ4n) is 2.12. The van der Waals surface area contributed by atoms with Crippen molar-refractivity contribution in [2.45, 2.75) is 40.3 Å². The summed E-state index contributed by atoms with van der Waals surface area (Å²) >= 11 is 0. The highest BCUT2D eigenvalue weighted by Crippen LogP contribution is 2.20. The van der Waals surface area contributed by atoms with Gasteiger partial charge >= 0.3 is 0 Å². The quantitative estimate of drug-likeness (QED) is 0.376. The Morgan fingerprint density at radius 2 is 2.00 bits per heavy atom. The van der Waals surface area contributed by atoms with E-state index in [1.165, 1.54) is 5.56 Å². The van der Waals surface area contributed by atoms with Crippen molar-refractivity contribution in [1.82, 2.24) is 20.8 Å². The van der Waals surface area contributed by atoms with Crippen molar-refractivity contribution in [3.8, 4) is 5.75 Å². The first-order chi connectivity index (χ1) is 11.6. The van der Waals surface area contributed by atoms with E-state index in [4.69, 9.17) is 9.26 Å². The largest absolute Gasteiger partial charge is 0.493 e. The van der Waals surface area contributed by atoms with Gasteiger partial charge in [0.2, 0.25) is 5.89 Å². The van der Waals surface area contributed by atoms with Gasteiger partial charge in [0.15, 0.2) is 11.8 Å². The molecule has 0 radical (unpaired) electrons. The van der Waals surface area contributed by atoms with Crippen LogP contribution in [0.4, 0.5) is 0 Å². The molecule has 0 atom stereocenters. The summed E-state index contributed by atoms with van der Waals surface area (Å²) in [6, 6.07) is 6.21. The van der Waals surface area contributed by atoms with Gasteiger partial charge < -0.3 is 19.9 Å². The minimum atomic E-state index is 0. The number of nitrogens with zero attached hydrogens (tertiary/aromatic N) is 3. The van der Waals surface area contributed by atoms with Crippen molar-refractivity contribution >= 4 is 29.9 Å². The maximum Gasteiger partial charge on any atom is 0.246 e. The minimum Gasteiger partial charge on any atom is -0.493 e. The third kappa shape index (κ3) is 6.89.